The van der Waals surface area contributed by atoms with E-state index in [1.54, 1.807) is 12.1 Å². The lowest BCUT2D eigenvalue weighted by atomic mass is 10.1. The summed E-state index contributed by atoms with van der Waals surface area (Å²) in [4.78, 5) is 12.3. The summed E-state index contributed by atoms with van der Waals surface area (Å²) >= 11 is 6.08. The van der Waals surface area contributed by atoms with E-state index >= 15 is 0 Å². The molecule has 0 aliphatic rings. The molecule has 0 bridgehead atoms. The van der Waals surface area contributed by atoms with Gasteiger partial charge in [-0.2, -0.15) is 0 Å². The monoisotopic (exact) mass is 385 g/mol. The van der Waals surface area contributed by atoms with Crippen molar-refractivity contribution < 1.29 is 13.9 Å². The molecule has 0 unspecified atom stereocenters. The number of nitrogens with one attached hydrogen (secondary N) is 1. The van der Waals surface area contributed by atoms with Gasteiger partial charge >= 0.3 is 0 Å². The van der Waals surface area contributed by atoms with Crippen LogP contribution in [-0.2, 0) is 11.2 Å². The average molecular weight is 386 g/mol. The van der Waals surface area contributed by atoms with Crippen molar-refractivity contribution >= 4 is 23.2 Å². The van der Waals surface area contributed by atoms with E-state index in [-0.39, 0.29) is 12.3 Å². The number of benzene rings is 2. The van der Waals surface area contributed by atoms with Crippen molar-refractivity contribution in [1.29, 1.82) is 0 Å². The van der Waals surface area contributed by atoms with Crippen molar-refractivity contribution in [2.45, 2.75) is 26.7 Å². The van der Waals surface area contributed by atoms with Crippen molar-refractivity contribution in [3.63, 3.8) is 0 Å². The summed E-state index contributed by atoms with van der Waals surface area (Å²) in [5.74, 6) is 1.20. The van der Waals surface area contributed by atoms with Gasteiger partial charge in [0.25, 0.3) is 0 Å². The predicted octanol–water partition coefficient (Wildman–Crippen LogP) is 4.59. The number of anilines is 1. The van der Waals surface area contributed by atoms with Crippen molar-refractivity contribution in [3.8, 4) is 17.2 Å². The maximum atomic E-state index is 12.3. The number of hydrogen-bond acceptors (Lipinski definition) is 5. The molecule has 0 fully saturated rings. The third-order valence-corrected chi connectivity index (χ3v) is 4.49. The maximum absolute atomic E-state index is 12.3. The Kier molecular flexibility index (Phi) is 5.76. The quantitative estimate of drug-likeness (QED) is 0.671. The molecule has 0 aliphatic heterocycles. The van der Waals surface area contributed by atoms with Gasteiger partial charge in [0.1, 0.15) is 5.75 Å². The van der Waals surface area contributed by atoms with Crippen LogP contribution in [0.4, 0.5) is 5.69 Å². The van der Waals surface area contributed by atoms with E-state index in [0.717, 1.165) is 16.7 Å². The fourth-order valence-corrected chi connectivity index (χ4v) is 2.68. The number of amides is 1. The zero-order valence-corrected chi connectivity index (χ0v) is 16.1. The fourth-order valence-electron chi connectivity index (χ4n) is 2.53. The molecule has 0 atom stereocenters. The Balaban J connectivity index is 1.62. The highest BCUT2D eigenvalue weighted by Crippen LogP contribution is 2.31. The molecular formula is C20H20ClN3O3. The molecule has 6 nitrogen and oxygen atoms in total. The Hall–Kier alpha value is -2.86. The summed E-state index contributed by atoms with van der Waals surface area (Å²) in [6, 6.07) is 11.3. The summed E-state index contributed by atoms with van der Waals surface area (Å²) in [7, 11) is 1.53. The lowest BCUT2D eigenvalue weighted by molar-refractivity contribution is -0.116. The number of rotatable bonds is 6. The third kappa shape index (κ3) is 4.65. The summed E-state index contributed by atoms with van der Waals surface area (Å²) in [5, 5.41) is 11.5. The lowest BCUT2D eigenvalue weighted by Crippen LogP contribution is -2.13. The van der Waals surface area contributed by atoms with Crippen molar-refractivity contribution in [1.82, 2.24) is 10.2 Å². The van der Waals surface area contributed by atoms with Crippen LogP contribution in [0, 0.1) is 13.8 Å². The molecule has 0 spiro atoms. The maximum Gasteiger partial charge on any atom is 0.247 e. The van der Waals surface area contributed by atoms with E-state index < -0.39 is 0 Å². The highest BCUT2D eigenvalue weighted by atomic mass is 35.5. The number of hydrogen-bond donors (Lipinski definition) is 1. The van der Waals surface area contributed by atoms with Gasteiger partial charge in [-0.1, -0.05) is 29.3 Å². The molecule has 1 aromatic heterocycles. The molecule has 1 amide bonds. The van der Waals surface area contributed by atoms with Gasteiger partial charge in [0.2, 0.25) is 17.7 Å². The number of aryl methyl sites for hydroxylation is 3. The Labute approximate surface area is 162 Å². The van der Waals surface area contributed by atoms with Gasteiger partial charge in [0.15, 0.2) is 0 Å². The van der Waals surface area contributed by atoms with Crippen LogP contribution in [0.1, 0.15) is 23.4 Å². The van der Waals surface area contributed by atoms with Crippen LogP contribution in [0.5, 0.6) is 5.75 Å². The zero-order chi connectivity index (χ0) is 19.4. The zero-order valence-electron chi connectivity index (χ0n) is 15.4. The van der Waals surface area contributed by atoms with Crippen LogP contribution >= 0.6 is 11.6 Å². The highest BCUT2D eigenvalue weighted by molar-refractivity contribution is 6.31. The van der Waals surface area contributed by atoms with Crippen LogP contribution in [-0.4, -0.2) is 23.2 Å². The smallest absolute Gasteiger partial charge is 0.247 e. The summed E-state index contributed by atoms with van der Waals surface area (Å²) in [6.45, 7) is 3.88. The number of ether oxygens (including phenoxy) is 1. The van der Waals surface area contributed by atoms with E-state index in [1.807, 2.05) is 38.1 Å². The minimum Gasteiger partial charge on any atom is -0.495 e. The van der Waals surface area contributed by atoms with E-state index in [0.29, 0.717) is 34.7 Å². The summed E-state index contributed by atoms with van der Waals surface area (Å²) in [6.07, 6.45) is 0.555. The molecule has 1 heterocycles. The van der Waals surface area contributed by atoms with Gasteiger partial charge in [-0.15, -0.1) is 10.2 Å². The Bertz CT molecular complexity index is 952. The van der Waals surface area contributed by atoms with E-state index in [2.05, 4.69) is 15.5 Å². The van der Waals surface area contributed by atoms with Crippen molar-refractivity contribution in [2.75, 3.05) is 12.4 Å². The molecule has 0 saturated heterocycles. The molecule has 1 N–H and O–H groups in total. The fraction of sp³-hybridized carbons (Fsp3) is 0.250. The van der Waals surface area contributed by atoms with Crippen LogP contribution in [0.15, 0.2) is 40.8 Å². The lowest BCUT2D eigenvalue weighted by Gasteiger charge is -2.12. The number of carbonyl (C=O) groups excluding carboxylic acids is 1. The number of halogens is 1. The molecule has 0 radical (unpaired) electrons. The normalized spacial score (nSPS) is 10.7. The Morgan fingerprint density at radius 2 is 1.93 bits per heavy atom. The largest absolute Gasteiger partial charge is 0.495 e. The van der Waals surface area contributed by atoms with Gasteiger partial charge < -0.3 is 14.5 Å². The summed E-state index contributed by atoms with van der Waals surface area (Å²) in [5.41, 5.74) is 3.44. The number of carbonyl (C=O) groups is 1. The topological polar surface area (TPSA) is 77.2 Å². The van der Waals surface area contributed by atoms with Crippen LogP contribution in [0.25, 0.3) is 11.5 Å². The van der Waals surface area contributed by atoms with E-state index in [1.165, 1.54) is 7.11 Å². The number of aromatic nitrogens is 2. The minimum absolute atomic E-state index is 0.176. The van der Waals surface area contributed by atoms with Gasteiger partial charge in [0.05, 0.1) is 12.8 Å². The van der Waals surface area contributed by atoms with Gasteiger partial charge in [-0.05, 0) is 37.6 Å². The van der Waals surface area contributed by atoms with E-state index in [4.69, 9.17) is 20.8 Å². The van der Waals surface area contributed by atoms with Crippen molar-refractivity contribution in [3.05, 3.63) is 58.4 Å². The number of nitrogens with zero attached hydrogens (tertiary/aromatic N) is 2. The standard InChI is InChI=1S/C20H20ClN3O3/c1-12-4-6-14(7-5-12)20-24-23-19(27-20)9-8-18(25)22-16-10-13(2)15(21)11-17(16)26-3/h4-7,10-11H,8-9H2,1-3H3,(H,22,25). The Morgan fingerprint density at radius 3 is 2.63 bits per heavy atom. The van der Waals surface area contributed by atoms with Gasteiger partial charge in [-0.3, -0.25) is 4.79 Å². The van der Waals surface area contributed by atoms with Crippen LogP contribution in [0.2, 0.25) is 5.02 Å². The SMILES string of the molecule is COc1cc(Cl)c(C)cc1NC(=O)CCc1nnc(-c2ccc(C)cc2)o1. The molecule has 3 rings (SSSR count). The third-order valence-electron chi connectivity index (χ3n) is 4.09. The first kappa shape index (κ1) is 18.9. The predicted molar refractivity (Wildman–Crippen MR) is 104 cm³/mol. The molecule has 27 heavy (non-hydrogen) atoms. The second-order valence-corrected chi connectivity index (χ2v) is 6.62. The Morgan fingerprint density at radius 1 is 1.19 bits per heavy atom. The second-order valence-electron chi connectivity index (χ2n) is 6.22. The van der Waals surface area contributed by atoms with Crippen LogP contribution < -0.4 is 10.1 Å². The highest BCUT2D eigenvalue weighted by Gasteiger charge is 2.13. The molecule has 0 saturated carbocycles. The second kappa shape index (κ2) is 8.22. The molecular weight excluding hydrogens is 366 g/mol. The minimum atomic E-state index is -0.176. The van der Waals surface area contributed by atoms with Gasteiger partial charge in [0, 0.05) is 29.5 Å². The molecule has 3 aromatic rings. The molecule has 2 aromatic carbocycles. The van der Waals surface area contributed by atoms with Crippen molar-refractivity contribution in [2.24, 2.45) is 0 Å². The molecule has 7 heteroatoms. The van der Waals surface area contributed by atoms with Crippen LogP contribution in [0.3, 0.4) is 0 Å². The first-order chi connectivity index (χ1) is 13.0. The molecule has 140 valence electrons. The average Bonchev–Trinajstić information content (AvgIpc) is 3.12. The molecule has 0 aliphatic carbocycles. The summed E-state index contributed by atoms with van der Waals surface area (Å²) < 4.78 is 10.9. The van der Waals surface area contributed by atoms with Gasteiger partial charge in [-0.25, -0.2) is 0 Å². The van der Waals surface area contributed by atoms with E-state index in [9.17, 15) is 4.79 Å². The number of methoxy groups -OCH3 is 1. The first-order valence-corrected chi connectivity index (χ1v) is 8.87. The first-order valence-electron chi connectivity index (χ1n) is 8.49.